The number of ether oxygens (including phenoxy) is 2. The molecule has 2 rings (SSSR count). The number of hydrogen-bond donors (Lipinski definition) is 1. The van der Waals surface area contributed by atoms with E-state index >= 15 is 0 Å². The Kier molecular flexibility index (Phi) is 5.23. The summed E-state index contributed by atoms with van der Waals surface area (Å²) in [6.07, 6.45) is 1.32. The third-order valence-electron chi connectivity index (χ3n) is 3.06. The van der Waals surface area contributed by atoms with Gasteiger partial charge in [0.25, 0.3) is 0 Å². The highest BCUT2D eigenvalue weighted by molar-refractivity contribution is 5.32. The van der Waals surface area contributed by atoms with Gasteiger partial charge in [0.1, 0.15) is 6.04 Å². The van der Waals surface area contributed by atoms with Gasteiger partial charge in [-0.2, -0.15) is 0 Å². The van der Waals surface area contributed by atoms with Crippen LogP contribution in [0.1, 0.15) is 18.7 Å². The van der Waals surface area contributed by atoms with Gasteiger partial charge >= 0.3 is 0 Å². The molecule has 20 heavy (non-hydrogen) atoms. The minimum Gasteiger partial charge on any atom is -0.354 e. The first-order valence-electron chi connectivity index (χ1n) is 6.56. The third kappa shape index (κ3) is 3.04. The van der Waals surface area contributed by atoms with E-state index < -0.39 is 6.29 Å². The number of hydrogen-bond acceptors (Lipinski definition) is 5. The first-order chi connectivity index (χ1) is 9.81. The number of nitrogens with one attached hydrogen (secondary N) is 1. The summed E-state index contributed by atoms with van der Waals surface area (Å²) in [4.78, 5) is 0. The molecule has 0 amide bonds. The molecule has 1 aromatic heterocycles. The zero-order valence-corrected chi connectivity index (χ0v) is 12.0. The van der Waals surface area contributed by atoms with E-state index in [1.807, 2.05) is 37.3 Å². The van der Waals surface area contributed by atoms with Crippen LogP contribution in [-0.4, -0.2) is 42.0 Å². The first kappa shape index (κ1) is 14.6. The van der Waals surface area contributed by atoms with Gasteiger partial charge < -0.3 is 14.8 Å². The van der Waals surface area contributed by atoms with Crippen LogP contribution in [0, 0.1) is 0 Å². The Morgan fingerprint density at radius 1 is 1.20 bits per heavy atom. The van der Waals surface area contributed by atoms with E-state index in [9.17, 15) is 0 Å². The van der Waals surface area contributed by atoms with Crippen LogP contribution >= 0.6 is 0 Å². The number of rotatable bonds is 7. The molecule has 108 valence electrons. The van der Waals surface area contributed by atoms with Gasteiger partial charge in [-0.1, -0.05) is 30.3 Å². The number of likely N-dealkylation sites (N-methyl/N-ethyl adjacent to an activating group) is 1. The van der Waals surface area contributed by atoms with E-state index in [1.54, 1.807) is 25.1 Å². The lowest BCUT2D eigenvalue weighted by molar-refractivity contribution is -0.125. The zero-order chi connectivity index (χ0) is 14.4. The summed E-state index contributed by atoms with van der Waals surface area (Å²) in [7, 11) is 3.24. The highest BCUT2D eigenvalue weighted by Gasteiger charge is 2.26. The van der Waals surface area contributed by atoms with Crippen LogP contribution in [0.25, 0.3) is 5.69 Å². The summed E-state index contributed by atoms with van der Waals surface area (Å²) in [5, 5.41) is 11.5. The Bertz CT molecular complexity index is 511. The van der Waals surface area contributed by atoms with Gasteiger partial charge in [0.2, 0.25) is 0 Å². The van der Waals surface area contributed by atoms with E-state index in [0.29, 0.717) is 0 Å². The molecule has 1 heterocycles. The molecule has 0 fully saturated rings. The van der Waals surface area contributed by atoms with Gasteiger partial charge in [-0.3, -0.25) is 0 Å². The van der Waals surface area contributed by atoms with Crippen LogP contribution in [0.3, 0.4) is 0 Å². The molecule has 0 aliphatic rings. The summed E-state index contributed by atoms with van der Waals surface area (Å²) in [5.74, 6) is 0. The second-order valence-electron chi connectivity index (χ2n) is 4.28. The van der Waals surface area contributed by atoms with Gasteiger partial charge in [0.05, 0.1) is 17.6 Å². The smallest absolute Gasteiger partial charge is 0.177 e. The number of benzene rings is 1. The molecule has 1 unspecified atom stereocenters. The van der Waals surface area contributed by atoms with E-state index in [1.165, 1.54) is 0 Å². The fourth-order valence-corrected chi connectivity index (χ4v) is 2.15. The van der Waals surface area contributed by atoms with E-state index in [2.05, 4.69) is 15.6 Å². The molecule has 0 radical (unpaired) electrons. The molecule has 1 aromatic carbocycles. The Balaban J connectivity index is 2.37. The van der Waals surface area contributed by atoms with Gasteiger partial charge in [-0.05, 0) is 18.7 Å². The van der Waals surface area contributed by atoms with E-state index in [-0.39, 0.29) is 6.04 Å². The lowest BCUT2D eigenvalue weighted by atomic mass is 10.2. The Labute approximate surface area is 118 Å². The SMILES string of the molecule is CCNC(c1cnnn1-c1ccccc1)C(OC)OC. The van der Waals surface area contributed by atoms with Crippen molar-refractivity contribution >= 4 is 0 Å². The van der Waals surface area contributed by atoms with Crippen molar-refractivity contribution in [3.63, 3.8) is 0 Å². The first-order valence-corrected chi connectivity index (χ1v) is 6.56. The maximum Gasteiger partial charge on any atom is 0.177 e. The van der Waals surface area contributed by atoms with Crippen molar-refractivity contribution in [2.24, 2.45) is 0 Å². The normalized spacial score (nSPS) is 12.8. The zero-order valence-electron chi connectivity index (χ0n) is 12.0. The van der Waals surface area contributed by atoms with Crippen LogP contribution in [0.15, 0.2) is 36.5 Å². The molecule has 0 bridgehead atoms. The van der Waals surface area contributed by atoms with Crippen LogP contribution in [0.5, 0.6) is 0 Å². The second kappa shape index (κ2) is 7.14. The number of aromatic nitrogens is 3. The van der Waals surface area contributed by atoms with Crippen molar-refractivity contribution in [1.29, 1.82) is 0 Å². The van der Waals surface area contributed by atoms with E-state index in [0.717, 1.165) is 17.9 Å². The Morgan fingerprint density at radius 2 is 1.90 bits per heavy atom. The van der Waals surface area contributed by atoms with Crippen molar-refractivity contribution in [3.05, 3.63) is 42.2 Å². The van der Waals surface area contributed by atoms with Gasteiger partial charge in [-0.25, -0.2) is 4.68 Å². The number of nitrogens with zero attached hydrogens (tertiary/aromatic N) is 3. The minimum atomic E-state index is -0.407. The average Bonchev–Trinajstić information content (AvgIpc) is 2.97. The van der Waals surface area contributed by atoms with Crippen LogP contribution in [0.4, 0.5) is 0 Å². The molecule has 6 heteroatoms. The maximum atomic E-state index is 5.38. The Hall–Kier alpha value is -1.76. The van der Waals surface area contributed by atoms with Crippen LogP contribution in [-0.2, 0) is 9.47 Å². The van der Waals surface area contributed by atoms with Crippen molar-refractivity contribution in [3.8, 4) is 5.69 Å². The van der Waals surface area contributed by atoms with Crippen LogP contribution < -0.4 is 5.32 Å². The molecule has 0 saturated heterocycles. The standard InChI is InChI=1S/C14H20N4O2/c1-4-15-13(14(19-2)20-3)12-10-16-17-18(12)11-8-6-5-7-9-11/h5-10,13-15H,4H2,1-3H3. The topological polar surface area (TPSA) is 61.2 Å². The van der Waals surface area contributed by atoms with Gasteiger partial charge in [0, 0.05) is 14.2 Å². The van der Waals surface area contributed by atoms with Crippen LogP contribution in [0.2, 0.25) is 0 Å². The summed E-state index contributed by atoms with van der Waals surface area (Å²) in [6.45, 7) is 2.82. The summed E-state index contributed by atoms with van der Waals surface area (Å²) >= 11 is 0. The molecule has 0 saturated carbocycles. The monoisotopic (exact) mass is 276 g/mol. The molecule has 1 atom stereocenters. The summed E-state index contributed by atoms with van der Waals surface area (Å²) in [5.41, 5.74) is 1.85. The van der Waals surface area contributed by atoms with Crippen molar-refractivity contribution < 1.29 is 9.47 Å². The highest BCUT2D eigenvalue weighted by Crippen LogP contribution is 2.21. The molecule has 2 aromatic rings. The number of para-hydroxylation sites is 1. The third-order valence-corrected chi connectivity index (χ3v) is 3.06. The molecule has 6 nitrogen and oxygen atoms in total. The van der Waals surface area contributed by atoms with Gasteiger partial charge in [0.15, 0.2) is 6.29 Å². The molecule has 0 spiro atoms. The average molecular weight is 276 g/mol. The number of methoxy groups -OCH3 is 2. The quantitative estimate of drug-likeness (QED) is 0.777. The lowest BCUT2D eigenvalue weighted by Gasteiger charge is -2.25. The lowest BCUT2D eigenvalue weighted by Crippen LogP contribution is -2.35. The molecule has 0 aliphatic carbocycles. The predicted molar refractivity (Wildman–Crippen MR) is 75.6 cm³/mol. The largest absolute Gasteiger partial charge is 0.354 e. The van der Waals surface area contributed by atoms with Crippen molar-refractivity contribution in [1.82, 2.24) is 20.3 Å². The maximum absolute atomic E-state index is 5.38. The fraction of sp³-hybridized carbons (Fsp3) is 0.429. The van der Waals surface area contributed by atoms with E-state index in [4.69, 9.17) is 9.47 Å². The summed E-state index contributed by atoms with van der Waals surface area (Å²) in [6, 6.07) is 9.71. The molecular weight excluding hydrogens is 256 g/mol. The molecule has 1 N–H and O–H groups in total. The molecule has 0 aliphatic heterocycles. The minimum absolute atomic E-state index is 0.148. The summed E-state index contributed by atoms with van der Waals surface area (Å²) < 4.78 is 12.5. The Morgan fingerprint density at radius 3 is 2.50 bits per heavy atom. The van der Waals surface area contributed by atoms with Crippen molar-refractivity contribution in [2.75, 3.05) is 20.8 Å². The van der Waals surface area contributed by atoms with Crippen molar-refractivity contribution in [2.45, 2.75) is 19.3 Å². The predicted octanol–water partition coefficient (Wildman–Crippen LogP) is 1.54. The highest BCUT2D eigenvalue weighted by atomic mass is 16.7. The second-order valence-corrected chi connectivity index (χ2v) is 4.28. The molecular formula is C14H20N4O2. The fourth-order valence-electron chi connectivity index (χ4n) is 2.15. The van der Waals surface area contributed by atoms with Gasteiger partial charge in [-0.15, -0.1) is 5.10 Å².